The SMILES string of the molecule is CC(C)C(=O)O[C@@H](C)OC(=O)Oc1ccc(C(=O)N(C)C)cc1.Cc1ccc(OC(=O)O[C@H](C)OC(=O)C(C)C)cc1.Cc1ccc(OC(=O)O[C@H](C)OC(=O)C(C)C)cc1.Cc1ccccc1OC(=O)O[C@H](C)OC(=O)C(C)C. The summed E-state index contributed by atoms with van der Waals surface area (Å²) in [7, 11) is 3.29. The van der Waals surface area contributed by atoms with Crippen molar-refractivity contribution < 1.29 is 100.0 Å². The van der Waals surface area contributed by atoms with Crippen LogP contribution in [0.1, 0.15) is 110 Å². The number of ether oxygens (including phenoxy) is 12. The van der Waals surface area contributed by atoms with Gasteiger partial charge in [0, 0.05) is 47.4 Å². The second kappa shape index (κ2) is 35.7. The van der Waals surface area contributed by atoms with Crippen molar-refractivity contribution in [1.82, 2.24) is 4.90 Å². The Hall–Kier alpha value is -8.69. The molecule has 0 heterocycles. The van der Waals surface area contributed by atoms with E-state index in [2.05, 4.69) is 0 Å². The number of esters is 4. The van der Waals surface area contributed by atoms with Crippen LogP contribution in [0.2, 0.25) is 0 Å². The predicted molar refractivity (Wildman–Crippen MR) is 288 cm³/mol. The van der Waals surface area contributed by atoms with E-state index in [1.165, 1.54) is 56.9 Å². The highest BCUT2D eigenvalue weighted by molar-refractivity contribution is 5.94. The van der Waals surface area contributed by atoms with Crippen molar-refractivity contribution >= 4 is 54.4 Å². The van der Waals surface area contributed by atoms with Gasteiger partial charge in [-0.1, -0.05) is 109 Å². The van der Waals surface area contributed by atoms with Gasteiger partial charge >= 0.3 is 48.5 Å². The third-order valence-corrected chi connectivity index (χ3v) is 9.50. The van der Waals surface area contributed by atoms with E-state index < -0.39 is 73.7 Å². The van der Waals surface area contributed by atoms with Gasteiger partial charge in [-0.3, -0.25) is 24.0 Å². The number of rotatable bonds is 17. The molecule has 0 unspecified atom stereocenters. The lowest BCUT2D eigenvalue weighted by Gasteiger charge is -2.15. The zero-order valence-electron chi connectivity index (χ0n) is 48.4. The Morgan fingerprint density at radius 3 is 0.863 bits per heavy atom. The molecule has 80 heavy (non-hydrogen) atoms. The summed E-state index contributed by atoms with van der Waals surface area (Å²) in [5.74, 6) is -1.72. The standard InChI is InChI=1S/C16H21NO6.3C14H18O5/c1-10(2)15(19)21-11(3)22-16(20)23-13-8-6-12(7-9-13)14(18)17(4)5;2*1-9(2)13(15)17-11(4)18-14(16)19-12-7-5-10(3)6-8-12;1-9(2)13(15)17-11(4)18-14(16)19-12-8-6-5-7-10(12)3/h6-11H,1-5H3;3*5-9,11H,1-4H3/t4*11-/m1111/s1. The predicted octanol–water partition coefficient (Wildman–Crippen LogP) is 11.6. The topological polar surface area (TPSA) is 268 Å². The van der Waals surface area contributed by atoms with Crippen molar-refractivity contribution in [3.63, 3.8) is 0 Å². The van der Waals surface area contributed by atoms with Crippen molar-refractivity contribution in [3.05, 3.63) is 119 Å². The van der Waals surface area contributed by atoms with Gasteiger partial charge in [0.15, 0.2) is 0 Å². The molecule has 0 radical (unpaired) electrons. The molecule has 4 rings (SSSR count). The number of hydrogen-bond donors (Lipinski definition) is 0. The van der Waals surface area contributed by atoms with Gasteiger partial charge in [-0.15, -0.1) is 0 Å². The van der Waals surface area contributed by atoms with Gasteiger partial charge in [-0.05, 0) is 80.9 Å². The maximum absolute atomic E-state index is 11.7. The largest absolute Gasteiger partial charge is 0.516 e. The summed E-state index contributed by atoms with van der Waals surface area (Å²) in [6, 6.07) is 26.9. The van der Waals surface area contributed by atoms with Crippen molar-refractivity contribution in [3.8, 4) is 23.0 Å². The molecule has 1 amide bonds. The number of hydrogen-bond acceptors (Lipinski definition) is 21. The minimum atomic E-state index is -1.05. The molecule has 22 heteroatoms. The van der Waals surface area contributed by atoms with E-state index in [0.717, 1.165) is 16.7 Å². The molecule has 4 atom stereocenters. The molecule has 0 aliphatic carbocycles. The molecule has 0 spiro atoms. The van der Waals surface area contributed by atoms with Crippen LogP contribution in [0.4, 0.5) is 19.2 Å². The van der Waals surface area contributed by atoms with Crippen molar-refractivity contribution in [2.75, 3.05) is 14.1 Å². The first-order valence-corrected chi connectivity index (χ1v) is 25.2. The van der Waals surface area contributed by atoms with Crippen LogP contribution < -0.4 is 18.9 Å². The Kier molecular flexibility index (Phi) is 30.9. The molecule has 0 saturated heterocycles. The molecule has 4 aromatic carbocycles. The van der Waals surface area contributed by atoms with Crippen molar-refractivity contribution in [2.24, 2.45) is 23.7 Å². The summed E-state index contributed by atoms with van der Waals surface area (Å²) in [5.41, 5.74) is 3.39. The van der Waals surface area contributed by atoms with Gasteiger partial charge in [0.2, 0.25) is 25.2 Å². The van der Waals surface area contributed by atoms with Crippen LogP contribution in [-0.2, 0) is 57.1 Å². The minimum Gasteiger partial charge on any atom is -0.425 e. The molecule has 0 saturated carbocycles. The van der Waals surface area contributed by atoms with Crippen LogP contribution in [-0.4, -0.2) is 98.6 Å². The molecule has 4 aromatic rings. The summed E-state index contributed by atoms with van der Waals surface area (Å²) < 4.78 is 58.6. The second-order valence-electron chi connectivity index (χ2n) is 18.6. The molecule has 0 bridgehead atoms. The molecule has 0 aliphatic rings. The lowest BCUT2D eigenvalue weighted by Crippen LogP contribution is -2.25. The van der Waals surface area contributed by atoms with Gasteiger partial charge < -0.3 is 61.7 Å². The highest BCUT2D eigenvalue weighted by atomic mass is 16.8. The smallest absolute Gasteiger partial charge is 0.425 e. The molecule has 22 nitrogen and oxygen atoms in total. The van der Waals surface area contributed by atoms with Crippen LogP contribution in [0.5, 0.6) is 23.0 Å². The number of carbonyl (C=O) groups is 9. The monoisotopic (exact) mass is 1120 g/mol. The number of nitrogens with zero attached hydrogens (tertiary/aromatic N) is 1. The Labute approximate surface area is 467 Å². The lowest BCUT2D eigenvalue weighted by atomic mass is 10.2. The number of aryl methyl sites for hydroxylation is 3. The Morgan fingerprint density at radius 2 is 0.600 bits per heavy atom. The molecule has 0 fully saturated rings. The van der Waals surface area contributed by atoms with Crippen LogP contribution >= 0.6 is 0 Å². The maximum Gasteiger partial charge on any atom is 0.516 e. The highest BCUT2D eigenvalue weighted by Gasteiger charge is 2.22. The average Bonchev–Trinajstić information content (AvgIpc) is 3.36. The van der Waals surface area contributed by atoms with E-state index in [1.807, 2.05) is 57.2 Å². The Balaban J connectivity index is 0.000000535. The number of para-hydroxylation sites is 1. The summed E-state index contributed by atoms with van der Waals surface area (Å²) in [6.07, 6.45) is -7.71. The Morgan fingerprint density at radius 1 is 0.338 bits per heavy atom. The first kappa shape index (κ1) is 69.3. The molecule has 0 aromatic heterocycles. The van der Waals surface area contributed by atoms with Crippen LogP contribution in [0.15, 0.2) is 97.1 Å². The van der Waals surface area contributed by atoms with Crippen LogP contribution in [0.3, 0.4) is 0 Å². The summed E-state index contributed by atoms with van der Waals surface area (Å²) in [5, 5.41) is 0. The fourth-order valence-electron chi connectivity index (χ4n) is 5.12. The quantitative estimate of drug-likeness (QED) is 0.0411. The average molecular weight is 1120 g/mol. The number of benzene rings is 4. The van der Waals surface area contributed by atoms with Crippen LogP contribution in [0, 0.1) is 44.4 Å². The second-order valence-corrected chi connectivity index (χ2v) is 18.6. The van der Waals surface area contributed by atoms with E-state index in [4.69, 9.17) is 56.8 Å². The first-order valence-electron chi connectivity index (χ1n) is 25.2. The zero-order chi connectivity index (χ0) is 60.8. The third-order valence-electron chi connectivity index (χ3n) is 9.50. The minimum absolute atomic E-state index is 0.159. The van der Waals surface area contributed by atoms with E-state index in [1.54, 1.807) is 106 Å². The van der Waals surface area contributed by atoms with Crippen molar-refractivity contribution in [1.29, 1.82) is 0 Å². The normalized spacial score (nSPS) is 11.8. The van der Waals surface area contributed by atoms with Gasteiger partial charge in [-0.25, -0.2) is 19.2 Å². The molecule has 0 aliphatic heterocycles. The van der Waals surface area contributed by atoms with E-state index in [9.17, 15) is 43.2 Å². The zero-order valence-corrected chi connectivity index (χ0v) is 48.4. The number of amides is 1. The molecular weight excluding hydrogens is 1050 g/mol. The van der Waals surface area contributed by atoms with Gasteiger partial charge in [-0.2, -0.15) is 0 Å². The summed E-state index contributed by atoms with van der Waals surface area (Å²) in [6.45, 7) is 25.0. The molecular formula is C58H75NO21. The third kappa shape index (κ3) is 29.7. The fourth-order valence-corrected chi connectivity index (χ4v) is 5.12. The Bertz CT molecular complexity index is 2520. The van der Waals surface area contributed by atoms with Crippen molar-refractivity contribution in [2.45, 2.75) is 129 Å². The summed E-state index contributed by atoms with van der Waals surface area (Å²) in [4.78, 5) is 104. The van der Waals surface area contributed by atoms with Gasteiger partial charge in [0.05, 0.1) is 23.7 Å². The molecule has 0 N–H and O–H groups in total. The fraction of sp³-hybridized carbons (Fsp3) is 0.431. The maximum atomic E-state index is 11.7. The number of carbonyl (C=O) groups excluding carboxylic acids is 9. The molecule has 438 valence electrons. The lowest BCUT2D eigenvalue weighted by molar-refractivity contribution is -0.171. The van der Waals surface area contributed by atoms with Crippen LogP contribution in [0.25, 0.3) is 0 Å². The summed E-state index contributed by atoms with van der Waals surface area (Å²) >= 11 is 0. The van der Waals surface area contributed by atoms with E-state index >= 15 is 0 Å². The van der Waals surface area contributed by atoms with E-state index in [-0.39, 0.29) is 35.3 Å². The van der Waals surface area contributed by atoms with E-state index in [0.29, 0.717) is 22.8 Å². The highest BCUT2D eigenvalue weighted by Crippen LogP contribution is 2.19. The van der Waals surface area contributed by atoms with Gasteiger partial charge in [0.1, 0.15) is 23.0 Å². The first-order chi connectivity index (χ1) is 37.4. The van der Waals surface area contributed by atoms with Gasteiger partial charge in [0.25, 0.3) is 5.91 Å².